The molecule has 5 nitrogen and oxygen atoms in total. The summed E-state index contributed by atoms with van der Waals surface area (Å²) in [5, 5.41) is 4.59. The van der Waals surface area contributed by atoms with Crippen LogP contribution >= 0.6 is 23.2 Å². The Morgan fingerprint density at radius 1 is 1.00 bits per heavy atom. The molecule has 36 heavy (non-hydrogen) atoms. The van der Waals surface area contributed by atoms with Gasteiger partial charge < -0.3 is 10.1 Å². The minimum absolute atomic E-state index is 0.0305. The van der Waals surface area contributed by atoms with Crippen LogP contribution in [0.15, 0.2) is 66.7 Å². The zero-order valence-electron chi connectivity index (χ0n) is 20.6. The molecular formula is C29H31Cl2N3O2. The second kappa shape index (κ2) is 10.4. The highest BCUT2D eigenvalue weighted by Gasteiger charge is 2.52. The molecule has 0 saturated carbocycles. The van der Waals surface area contributed by atoms with Crippen LogP contribution < -0.4 is 10.1 Å². The number of benzene rings is 2. The molecule has 2 atom stereocenters. The molecule has 0 aliphatic carbocycles. The molecule has 0 radical (unpaired) electrons. The van der Waals surface area contributed by atoms with E-state index in [1.807, 2.05) is 48.5 Å². The molecule has 2 fully saturated rings. The minimum atomic E-state index is -0.284. The van der Waals surface area contributed by atoms with Gasteiger partial charge in [-0.2, -0.15) is 0 Å². The first-order valence-electron chi connectivity index (χ1n) is 12.4. The molecule has 5 rings (SSSR count). The van der Waals surface area contributed by atoms with Gasteiger partial charge in [-0.05, 0) is 55.0 Å². The van der Waals surface area contributed by atoms with Gasteiger partial charge in [0.05, 0.1) is 18.8 Å². The van der Waals surface area contributed by atoms with Crippen molar-refractivity contribution in [3.05, 3.63) is 93.6 Å². The summed E-state index contributed by atoms with van der Waals surface area (Å²) in [6.07, 6.45) is 3.88. The van der Waals surface area contributed by atoms with Crippen LogP contribution in [-0.2, 0) is 10.2 Å². The van der Waals surface area contributed by atoms with E-state index >= 15 is 0 Å². The van der Waals surface area contributed by atoms with Crippen LogP contribution in [0.4, 0.5) is 0 Å². The smallest absolute Gasteiger partial charge is 0.216 e. The molecule has 2 bridgehead atoms. The summed E-state index contributed by atoms with van der Waals surface area (Å²) in [7, 11) is 1.64. The Hall–Kier alpha value is -2.60. The lowest BCUT2D eigenvalue weighted by atomic mass is 9.71. The topological polar surface area (TPSA) is 54.5 Å². The van der Waals surface area contributed by atoms with Crippen molar-refractivity contribution in [1.29, 1.82) is 0 Å². The van der Waals surface area contributed by atoms with Crippen LogP contribution in [0.3, 0.4) is 0 Å². The fraction of sp³-hybridized carbons (Fsp3) is 0.379. The number of halogens is 2. The number of amides is 1. The number of nitrogens with zero attached hydrogens (tertiary/aromatic N) is 2. The molecule has 2 aliphatic rings. The van der Waals surface area contributed by atoms with Gasteiger partial charge in [0.25, 0.3) is 0 Å². The molecule has 188 valence electrons. The monoisotopic (exact) mass is 523 g/mol. The first-order chi connectivity index (χ1) is 17.4. The van der Waals surface area contributed by atoms with Crippen LogP contribution in [0, 0.1) is 0 Å². The normalized spacial score (nSPS) is 23.6. The SMILES string of the molecule is COc1cccc(C2(CNC(C)=O)C[C@@H]3CC[C@@H](C2)N3C(c2ccccc2Cl)c2ccccc2Cl)n1. The zero-order valence-corrected chi connectivity index (χ0v) is 22.1. The summed E-state index contributed by atoms with van der Waals surface area (Å²) in [5.74, 6) is 0.562. The standard InChI is InChI=1S/C29H31Cl2N3O2/c1-19(35)32-18-29(26-12-7-13-27(33-26)36-2)16-20-14-15-21(17-29)34(20)28(22-8-3-5-10-24(22)30)23-9-4-6-11-25(23)31/h3-13,20-21,28H,14-18H2,1-2H3,(H,32,35)/t20-,21-/m0/s1. The van der Waals surface area contributed by atoms with Gasteiger partial charge in [0.2, 0.25) is 11.8 Å². The third kappa shape index (κ3) is 4.72. The van der Waals surface area contributed by atoms with Crippen molar-refractivity contribution in [1.82, 2.24) is 15.2 Å². The lowest BCUT2D eigenvalue weighted by Gasteiger charge is -2.49. The number of aromatic nitrogens is 1. The van der Waals surface area contributed by atoms with Gasteiger partial charge in [-0.15, -0.1) is 0 Å². The maximum atomic E-state index is 12.0. The second-order valence-corrected chi connectivity index (χ2v) is 10.8. The molecule has 7 heteroatoms. The number of nitrogens with one attached hydrogen (secondary N) is 1. The Kier molecular flexibility index (Phi) is 7.25. The van der Waals surface area contributed by atoms with E-state index in [1.165, 1.54) is 0 Å². The van der Waals surface area contributed by atoms with E-state index in [4.69, 9.17) is 32.9 Å². The van der Waals surface area contributed by atoms with Crippen LogP contribution in [-0.4, -0.2) is 41.5 Å². The molecule has 3 heterocycles. The molecule has 2 aliphatic heterocycles. The highest BCUT2D eigenvalue weighted by Crippen LogP contribution is 2.52. The summed E-state index contributed by atoms with van der Waals surface area (Å²) >= 11 is 13.6. The fourth-order valence-electron chi connectivity index (χ4n) is 6.25. The van der Waals surface area contributed by atoms with Gasteiger partial charge in [0, 0.05) is 47.1 Å². The van der Waals surface area contributed by atoms with Gasteiger partial charge in [-0.25, -0.2) is 4.98 Å². The maximum absolute atomic E-state index is 12.0. The molecule has 1 amide bonds. The summed E-state index contributed by atoms with van der Waals surface area (Å²) < 4.78 is 5.45. The van der Waals surface area contributed by atoms with Crippen LogP contribution in [0.25, 0.3) is 0 Å². The minimum Gasteiger partial charge on any atom is -0.481 e. The van der Waals surface area contributed by atoms with Crippen LogP contribution in [0.1, 0.15) is 55.5 Å². The fourth-order valence-corrected chi connectivity index (χ4v) is 6.73. The van der Waals surface area contributed by atoms with Crippen LogP contribution in [0.5, 0.6) is 5.88 Å². The molecule has 2 aromatic carbocycles. The Bertz CT molecular complexity index is 1190. The van der Waals surface area contributed by atoms with Crippen molar-refractivity contribution in [2.24, 2.45) is 0 Å². The van der Waals surface area contributed by atoms with Crippen molar-refractivity contribution < 1.29 is 9.53 Å². The van der Waals surface area contributed by atoms with Crippen molar-refractivity contribution in [3.63, 3.8) is 0 Å². The Labute approximate surface area is 222 Å². The van der Waals surface area contributed by atoms with E-state index in [2.05, 4.69) is 28.4 Å². The predicted molar refractivity (Wildman–Crippen MR) is 144 cm³/mol. The summed E-state index contributed by atoms with van der Waals surface area (Å²) in [6.45, 7) is 2.12. The van der Waals surface area contributed by atoms with E-state index in [0.29, 0.717) is 12.4 Å². The van der Waals surface area contributed by atoms with E-state index < -0.39 is 0 Å². The number of hydrogen-bond donors (Lipinski definition) is 1. The first kappa shape index (κ1) is 25.1. The number of pyridine rings is 1. The molecule has 3 aromatic rings. The molecule has 1 N–H and O–H groups in total. The molecular weight excluding hydrogens is 493 g/mol. The Morgan fingerprint density at radius 3 is 2.11 bits per heavy atom. The van der Waals surface area contributed by atoms with E-state index in [-0.39, 0.29) is 29.4 Å². The average Bonchev–Trinajstić information content (AvgIpc) is 3.14. The van der Waals surface area contributed by atoms with Crippen molar-refractivity contribution >= 4 is 29.1 Å². The first-order valence-corrected chi connectivity index (χ1v) is 13.2. The highest BCUT2D eigenvalue weighted by molar-refractivity contribution is 6.32. The third-order valence-corrected chi connectivity index (χ3v) is 8.47. The Balaban J connectivity index is 1.57. The van der Waals surface area contributed by atoms with Gasteiger partial charge in [0.1, 0.15) is 0 Å². The van der Waals surface area contributed by atoms with E-state index in [1.54, 1.807) is 14.0 Å². The maximum Gasteiger partial charge on any atom is 0.216 e. The second-order valence-electron chi connectivity index (χ2n) is 9.94. The quantitative estimate of drug-likeness (QED) is 0.401. The average molecular weight is 524 g/mol. The number of carbonyl (C=O) groups excluding carboxylic acids is 1. The van der Waals surface area contributed by atoms with Gasteiger partial charge in [-0.1, -0.05) is 65.7 Å². The lowest BCUT2D eigenvalue weighted by Crippen LogP contribution is -2.55. The summed E-state index contributed by atoms with van der Waals surface area (Å²) in [6, 6.07) is 22.6. The number of rotatable bonds is 7. The third-order valence-electron chi connectivity index (χ3n) is 7.78. The van der Waals surface area contributed by atoms with E-state index in [9.17, 15) is 4.79 Å². The van der Waals surface area contributed by atoms with Crippen molar-refractivity contribution in [2.45, 2.75) is 56.1 Å². The summed E-state index contributed by atoms with van der Waals surface area (Å²) in [4.78, 5) is 19.4. The lowest BCUT2D eigenvalue weighted by molar-refractivity contribution is -0.119. The Morgan fingerprint density at radius 2 is 1.58 bits per heavy atom. The van der Waals surface area contributed by atoms with Crippen molar-refractivity contribution in [2.75, 3.05) is 13.7 Å². The number of carbonyl (C=O) groups is 1. The highest BCUT2D eigenvalue weighted by atomic mass is 35.5. The van der Waals surface area contributed by atoms with Gasteiger partial charge >= 0.3 is 0 Å². The zero-order chi connectivity index (χ0) is 25.3. The molecule has 0 unspecified atom stereocenters. The predicted octanol–water partition coefficient (Wildman–Crippen LogP) is 6.19. The number of fused-ring (bicyclic) bond motifs is 2. The van der Waals surface area contributed by atoms with E-state index in [0.717, 1.165) is 52.5 Å². The number of piperidine rings is 1. The molecule has 1 aromatic heterocycles. The van der Waals surface area contributed by atoms with Gasteiger partial charge in [-0.3, -0.25) is 9.69 Å². The molecule has 2 saturated heterocycles. The number of ether oxygens (including phenoxy) is 1. The van der Waals surface area contributed by atoms with Gasteiger partial charge in [0.15, 0.2) is 0 Å². The van der Waals surface area contributed by atoms with Crippen molar-refractivity contribution in [3.8, 4) is 5.88 Å². The number of hydrogen-bond acceptors (Lipinski definition) is 4. The number of methoxy groups -OCH3 is 1. The largest absolute Gasteiger partial charge is 0.481 e. The molecule has 0 spiro atoms. The summed E-state index contributed by atoms with van der Waals surface area (Å²) in [5.41, 5.74) is 2.82. The van der Waals surface area contributed by atoms with Crippen LogP contribution in [0.2, 0.25) is 10.0 Å².